The van der Waals surface area contributed by atoms with E-state index in [9.17, 15) is 4.79 Å². The van der Waals surface area contributed by atoms with Gasteiger partial charge in [0, 0.05) is 6.42 Å². The number of rotatable bonds is 5. The van der Waals surface area contributed by atoms with E-state index >= 15 is 0 Å². The molecule has 86 valence electrons. The maximum Gasteiger partial charge on any atom is 0.155 e. The number of allylic oxidation sites excluding steroid dienone is 1. The molecule has 0 bridgehead atoms. The monoisotopic (exact) mass is 256 g/mol. The molecule has 0 heterocycles. The molecule has 0 spiro atoms. The summed E-state index contributed by atoms with van der Waals surface area (Å²) in [6.07, 6.45) is 5.93. The molecule has 0 saturated heterocycles. The zero-order valence-corrected chi connectivity index (χ0v) is 10.7. The first-order valence-corrected chi connectivity index (χ1v) is 6.05. The second-order valence-corrected chi connectivity index (χ2v) is 4.39. The number of ketones is 1. The lowest BCUT2D eigenvalue weighted by molar-refractivity contribution is -0.114. The van der Waals surface area contributed by atoms with Crippen molar-refractivity contribution in [1.29, 1.82) is 0 Å². The Morgan fingerprint density at radius 1 is 1.31 bits per heavy atom. The first kappa shape index (κ1) is 13.3. The zero-order valence-electron chi connectivity index (χ0n) is 9.17. The Morgan fingerprint density at radius 2 is 2.06 bits per heavy atom. The smallest absolute Gasteiger partial charge is 0.155 e. The zero-order chi connectivity index (χ0) is 12.0. The van der Waals surface area contributed by atoms with E-state index in [1.807, 2.05) is 6.07 Å². The van der Waals surface area contributed by atoms with E-state index in [2.05, 4.69) is 6.92 Å². The Kier molecular flexibility index (Phi) is 5.58. The Balaban J connectivity index is 2.62. The molecular weight excluding hydrogens is 243 g/mol. The summed E-state index contributed by atoms with van der Waals surface area (Å²) in [4.78, 5) is 11.4. The summed E-state index contributed by atoms with van der Waals surface area (Å²) < 4.78 is 0. The predicted octanol–water partition coefficient (Wildman–Crippen LogP) is 4.77. The van der Waals surface area contributed by atoms with E-state index in [-0.39, 0.29) is 5.78 Å². The van der Waals surface area contributed by atoms with Crippen molar-refractivity contribution >= 4 is 35.1 Å². The molecule has 1 nitrogen and oxygen atoms in total. The minimum absolute atomic E-state index is 0.146. The van der Waals surface area contributed by atoms with Crippen LogP contribution in [0.5, 0.6) is 0 Å². The van der Waals surface area contributed by atoms with Gasteiger partial charge in [0.25, 0.3) is 0 Å². The highest BCUT2D eigenvalue weighted by atomic mass is 35.5. The van der Waals surface area contributed by atoms with Crippen molar-refractivity contribution in [2.45, 2.75) is 26.2 Å². The third kappa shape index (κ3) is 4.38. The lowest BCUT2D eigenvalue weighted by Gasteiger charge is -1.97. The van der Waals surface area contributed by atoms with E-state index in [0.717, 1.165) is 18.4 Å². The van der Waals surface area contributed by atoms with Gasteiger partial charge in [-0.3, -0.25) is 4.79 Å². The van der Waals surface area contributed by atoms with E-state index in [1.54, 1.807) is 24.3 Å². The van der Waals surface area contributed by atoms with E-state index < -0.39 is 0 Å². The van der Waals surface area contributed by atoms with Gasteiger partial charge in [0.1, 0.15) is 0 Å². The Labute approximate surface area is 106 Å². The summed E-state index contributed by atoms with van der Waals surface area (Å²) in [6.45, 7) is 2.07. The molecule has 0 aromatic heterocycles. The summed E-state index contributed by atoms with van der Waals surface area (Å²) in [7, 11) is 0. The van der Waals surface area contributed by atoms with Crippen LogP contribution in [-0.4, -0.2) is 5.78 Å². The van der Waals surface area contributed by atoms with Gasteiger partial charge >= 0.3 is 0 Å². The van der Waals surface area contributed by atoms with Crippen molar-refractivity contribution in [3.8, 4) is 0 Å². The average molecular weight is 257 g/mol. The predicted molar refractivity (Wildman–Crippen MR) is 70.0 cm³/mol. The number of halogens is 2. The maximum absolute atomic E-state index is 11.4. The quantitative estimate of drug-likeness (QED) is 0.694. The standard InChI is InChI=1S/C13H14Cl2O/c1-2-3-4-11(16)7-5-10-6-8-12(14)13(15)9-10/h5-9H,2-4H2,1H3/b7-5-. The first-order chi connectivity index (χ1) is 7.63. The van der Waals surface area contributed by atoms with Crippen LogP contribution < -0.4 is 0 Å². The maximum atomic E-state index is 11.4. The van der Waals surface area contributed by atoms with Crippen molar-refractivity contribution in [2.75, 3.05) is 0 Å². The van der Waals surface area contributed by atoms with Crippen LogP contribution in [0.1, 0.15) is 31.7 Å². The van der Waals surface area contributed by atoms with Crippen LogP contribution in [0.4, 0.5) is 0 Å². The lowest BCUT2D eigenvalue weighted by atomic mass is 10.1. The first-order valence-electron chi connectivity index (χ1n) is 5.29. The lowest BCUT2D eigenvalue weighted by Crippen LogP contribution is -1.91. The molecule has 1 aromatic carbocycles. The number of hydrogen-bond donors (Lipinski definition) is 0. The van der Waals surface area contributed by atoms with Crippen LogP contribution in [0.2, 0.25) is 10.0 Å². The van der Waals surface area contributed by atoms with Gasteiger partial charge in [-0.05, 0) is 30.2 Å². The van der Waals surface area contributed by atoms with Crippen LogP contribution in [0.15, 0.2) is 24.3 Å². The number of hydrogen-bond acceptors (Lipinski definition) is 1. The fourth-order valence-corrected chi connectivity index (χ4v) is 1.55. The highest BCUT2D eigenvalue weighted by Gasteiger charge is 1.98. The van der Waals surface area contributed by atoms with Gasteiger partial charge in [0.15, 0.2) is 5.78 Å². The average Bonchev–Trinajstić information content (AvgIpc) is 2.28. The van der Waals surface area contributed by atoms with Crippen molar-refractivity contribution in [3.63, 3.8) is 0 Å². The Morgan fingerprint density at radius 3 is 2.69 bits per heavy atom. The van der Waals surface area contributed by atoms with E-state index in [4.69, 9.17) is 23.2 Å². The molecule has 0 radical (unpaired) electrons. The highest BCUT2D eigenvalue weighted by Crippen LogP contribution is 2.23. The fraction of sp³-hybridized carbons (Fsp3) is 0.308. The van der Waals surface area contributed by atoms with Gasteiger partial charge in [-0.1, -0.05) is 48.7 Å². The second kappa shape index (κ2) is 6.72. The summed E-state index contributed by atoms with van der Waals surface area (Å²) in [5, 5.41) is 1.03. The molecule has 0 N–H and O–H groups in total. The molecule has 16 heavy (non-hydrogen) atoms. The summed E-state index contributed by atoms with van der Waals surface area (Å²) in [5.74, 6) is 0.146. The van der Waals surface area contributed by atoms with Crippen LogP contribution >= 0.6 is 23.2 Å². The van der Waals surface area contributed by atoms with Crippen LogP contribution in [0.3, 0.4) is 0 Å². The molecule has 0 aliphatic heterocycles. The van der Waals surface area contributed by atoms with Crippen LogP contribution in [0.25, 0.3) is 6.08 Å². The van der Waals surface area contributed by atoms with E-state index in [0.29, 0.717) is 16.5 Å². The fourth-order valence-electron chi connectivity index (χ4n) is 1.24. The van der Waals surface area contributed by atoms with Crippen LogP contribution in [0, 0.1) is 0 Å². The van der Waals surface area contributed by atoms with Crippen molar-refractivity contribution < 1.29 is 4.79 Å². The minimum Gasteiger partial charge on any atom is -0.295 e. The Bertz CT molecular complexity index is 397. The summed E-state index contributed by atoms with van der Waals surface area (Å²) in [5.41, 5.74) is 0.888. The van der Waals surface area contributed by atoms with Gasteiger partial charge < -0.3 is 0 Å². The van der Waals surface area contributed by atoms with Gasteiger partial charge in [-0.15, -0.1) is 0 Å². The highest BCUT2D eigenvalue weighted by molar-refractivity contribution is 6.42. The normalized spacial score (nSPS) is 10.9. The topological polar surface area (TPSA) is 17.1 Å². The molecule has 0 unspecified atom stereocenters. The SMILES string of the molecule is CCCCC(=O)/C=C\c1ccc(Cl)c(Cl)c1. The van der Waals surface area contributed by atoms with Gasteiger partial charge in [0.05, 0.1) is 10.0 Å². The third-order valence-corrected chi connectivity index (χ3v) is 2.92. The van der Waals surface area contributed by atoms with Crippen molar-refractivity contribution in [2.24, 2.45) is 0 Å². The number of unbranched alkanes of at least 4 members (excludes halogenated alkanes) is 1. The molecule has 3 heteroatoms. The molecule has 0 fully saturated rings. The third-order valence-electron chi connectivity index (χ3n) is 2.18. The summed E-state index contributed by atoms with van der Waals surface area (Å²) in [6, 6.07) is 5.30. The molecule has 1 rings (SSSR count). The number of carbonyl (C=O) groups excluding carboxylic acids is 1. The molecule has 0 aliphatic carbocycles. The van der Waals surface area contributed by atoms with Crippen molar-refractivity contribution in [3.05, 3.63) is 39.9 Å². The van der Waals surface area contributed by atoms with Gasteiger partial charge in [0.2, 0.25) is 0 Å². The van der Waals surface area contributed by atoms with Crippen LogP contribution in [-0.2, 0) is 4.79 Å². The Hall–Kier alpha value is -0.790. The molecule has 0 atom stereocenters. The number of benzene rings is 1. The molecular formula is C13H14Cl2O. The molecule has 0 aliphatic rings. The second-order valence-electron chi connectivity index (χ2n) is 3.58. The van der Waals surface area contributed by atoms with Gasteiger partial charge in [-0.25, -0.2) is 0 Å². The molecule has 1 aromatic rings. The van der Waals surface area contributed by atoms with E-state index in [1.165, 1.54) is 0 Å². The van der Waals surface area contributed by atoms with Gasteiger partial charge in [-0.2, -0.15) is 0 Å². The van der Waals surface area contributed by atoms with Crippen molar-refractivity contribution in [1.82, 2.24) is 0 Å². The molecule has 0 amide bonds. The molecule has 0 saturated carbocycles. The summed E-state index contributed by atoms with van der Waals surface area (Å²) >= 11 is 11.7. The largest absolute Gasteiger partial charge is 0.295 e. The number of carbonyl (C=O) groups is 1. The minimum atomic E-state index is 0.146.